The molecule has 1 fully saturated rings. The molecule has 0 spiro atoms. The van der Waals surface area contributed by atoms with E-state index in [1.165, 1.54) is 42.2 Å². The zero-order chi connectivity index (χ0) is 18.7. The summed E-state index contributed by atoms with van der Waals surface area (Å²) >= 11 is 1.39. The highest BCUT2D eigenvalue weighted by Gasteiger charge is 2.26. The van der Waals surface area contributed by atoms with Crippen molar-refractivity contribution in [2.75, 3.05) is 0 Å². The van der Waals surface area contributed by atoms with E-state index in [1.807, 2.05) is 13.0 Å². The lowest BCUT2D eigenvalue weighted by atomic mass is 9.86. The first-order valence-corrected chi connectivity index (χ1v) is 10.2. The van der Waals surface area contributed by atoms with E-state index < -0.39 is 0 Å². The number of aryl methyl sites for hydroxylation is 2. The Morgan fingerprint density at radius 2 is 2.04 bits per heavy atom. The summed E-state index contributed by atoms with van der Waals surface area (Å²) in [6, 6.07) is 6.40. The van der Waals surface area contributed by atoms with Gasteiger partial charge in [-0.15, -0.1) is 5.10 Å². The van der Waals surface area contributed by atoms with Crippen molar-refractivity contribution < 1.29 is 4.79 Å². The number of carbonyl (C=O) groups is 1. The molecule has 1 aromatic carbocycles. The highest BCUT2D eigenvalue weighted by atomic mass is 32.2. The number of thioether (sulfide) groups is 1. The van der Waals surface area contributed by atoms with E-state index in [0.29, 0.717) is 11.1 Å². The van der Waals surface area contributed by atoms with Gasteiger partial charge in [-0.3, -0.25) is 4.79 Å². The van der Waals surface area contributed by atoms with Gasteiger partial charge in [0.1, 0.15) is 0 Å². The maximum absolute atomic E-state index is 12.6. The predicted octanol–water partition coefficient (Wildman–Crippen LogP) is 3.45. The van der Waals surface area contributed by atoms with Crippen molar-refractivity contribution in [1.29, 1.82) is 0 Å². The van der Waals surface area contributed by atoms with Gasteiger partial charge in [0, 0.05) is 6.04 Å². The van der Waals surface area contributed by atoms with Crippen LogP contribution in [0.3, 0.4) is 0 Å². The molecule has 6 nitrogen and oxygen atoms in total. The molecule has 1 amide bonds. The smallest absolute Gasteiger partial charge is 0.233 e. The molecule has 3 rings (SSSR count). The maximum Gasteiger partial charge on any atom is 0.233 e. The zero-order valence-corrected chi connectivity index (χ0v) is 16.7. The molecule has 0 radical (unpaired) electrons. The van der Waals surface area contributed by atoms with Crippen LogP contribution in [0.15, 0.2) is 23.4 Å². The van der Waals surface area contributed by atoms with Gasteiger partial charge in [0.15, 0.2) is 0 Å². The number of hydrogen-bond acceptors (Lipinski definition) is 5. The van der Waals surface area contributed by atoms with Gasteiger partial charge in [-0.1, -0.05) is 37.6 Å². The summed E-state index contributed by atoms with van der Waals surface area (Å²) in [7, 11) is 0. The Morgan fingerprint density at radius 3 is 2.77 bits per heavy atom. The Kier molecular flexibility index (Phi) is 5.96. The van der Waals surface area contributed by atoms with Gasteiger partial charge in [0.05, 0.1) is 10.9 Å². The Labute approximate surface area is 159 Å². The highest BCUT2D eigenvalue weighted by molar-refractivity contribution is 8.00. The van der Waals surface area contributed by atoms with Crippen LogP contribution < -0.4 is 5.32 Å². The molecule has 7 heteroatoms. The number of amides is 1. The minimum Gasteiger partial charge on any atom is -0.352 e. The normalized spacial score (nSPS) is 21.4. The lowest BCUT2D eigenvalue weighted by Gasteiger charge is -2.30. The molecule has 2 aromatic rings. The summed E-state index contributed by atoms with van der Waals surface area (Å²) in [5, 5.41) is 15.6. The SMILES string of the molecule is Cc1ccc(-n2nnnc2SC(C)C(=O)NC2CCCCC2C)cc1C. The molecule has 1 aliphatic rings. The van der Waals surface area contributed by atoms with E-state index in [2.05, 4.69) is 53.7 Å². The first kappa shape index (κ1) is 18.9. The molecule has 0 bridgehead atoms. The van der Waals surface area contributed by atoms with Crippen LogP contribution in [0, 0.1) is 19.8 Å². The minimum atomic E-state index is -0.250. The van der Waals surface area contributed by atoms with Crippen molar-refractivity contribution in [2.45, 2.75) is 69.8 Å². The second kappa shape index (κ2) is 8.20. The fourth-order valence-electron chi connectivity index (χ4n) is 3.31. The Hall–Kier alpha value is -1.89. The van der Waals surface area contributed by atoms with Crippen molar-refractivity contribution in [3.63, 3.8) is 0 Å². The monoisotopic (exact) mass is 373 g/mol. The van der Waals surface area contributed by atoms with Crippen LogP contribution in [0.1, 0.15) is 50.7 Å². The minimum absolute atomic E-state index is 0.0587. The second-order valence-corrected chi connectivity index (χ2v) is 8.59. The van der Waals surface area contributed by atoms with E-state index in [4.69, 9.17) is 0 Å². The summed E-state index contributed by atoms with van der Waals surface area (Å²) in [4.78, 5) is 12.6. The third-order valence-electron chi connectivity index (χ3n) is 5.27. The third kappa shape index (κ3) is 4.26. The van der Waals surface area contributed by atoms with Crippen LogP contribution in [0.2, 0.25) is 0 Å². The zero-order valence-electron chi connectivity index (χ0n) is 15.9. The third-order valence-corrected chi connectivity index (χ3v) is 6.30. The van der Waals surface area contributed by atoms with Gasteiger partial charge in [-0.25, -0.2) is 0 Å². The number of nitrogens with zero attached hydrogens (tertiary/aromatic N) is 4. The van der Waals surface area contributed by atoms with E-state index in [9.17, 15) is 4.79 Å². The molecule has 1 aromatic heterocycles. The number of tetrazole rings is 1. The van der Waals surface area contributed by atoms with Gasteiger partial charge in [0.2, 0.25) is 11.1 Å². The summed E-state index contributed by atoms with van der Waals surface area (Å²) < 4.78 is 1.70. The first-order chi connectivity index (χ1) is 12.5. The fraction of sp³-hybridized carbons (Fsp3) is 0.579. The van der Waals surface area contributed by atoms with Crippen LogP contribution in [-0.2, 0) is 4.79 Å². The van der Waals surface area contributed by atoms with Gasteiger partial charge < -0.3 is 5.32 Å². The fourth-order valence-corrected chi connectivity index (χ4v) is 4.13. The summed E-state index contributed by atoms with van der Waals surface area (Å²) in [6.45, 7) is 8.28. The van der Waals surface area contributed by atoms with Crippen LogP contribution in [-0.4, -0.2) is 37.4 Å². The number of rotatable bonds is 5. The molecular weight excluding hydrogens is 346 g/mol. The molecule has 1 N–H and O–H groups in total. The molecular formula is C19H27N5OS. The number of aromatic nitrogens is 4. The predicted molar refractivity (Wildman–Crippen MR) is 104 cm³/mol. The Bertz CT molecular complexity index is 775. The van der Waals surface area contributed by atoms with Gasteiger partial charge in [0.25, 0.3) is 0 Å². The van der Waals surface area contributed by atoms with E-state index in [-0.39, 0.29) is 17.2 Å². The van der Waals surface area contributed by atoms with Crippen molar-refractivity contribution in [3.8, 4) is 5.69 Å². The van der Waals surface area contributed by atoms with Gasteiger partial charge in [-0.05, 0) is 73.2 Å². The van der Waals surface area contributed by atoms with Crippen LogP contribution >= 0.6 is 11.8 Å². The van der Waals surface area contributed by atoms with E-state index in [0.717, 1.165) is 12.1 Å². The van der Waals surface area contributed by atoms with Crippen molar-refractivity contribution in [1.82, 2.24) is 25.5 Å². The molecule has 0 saturated heterocycles. The topological polar surface area (TPSA) is 72.7 Å². The second-order valence-electron chi connectivity index (χ2n) is 7.28. The van der Waals surface area contributed by atoms with E-state index in [1.54, 1.807) is 4.68 Å². The van der Waals surface area contributed by atoms with Crippen LogP contribution in [0.25, 0.3) is 5.69 Å². The summed E-state index contributed by atoms with van der Waals surface area (Å²) in [5.74, 6) is 0.606. The molecule has 1 saturated carbocycles. The summed E-state index contributed by atoms with van der Waals surface area (Å²) in [6.07, 6.45) is 4.73. The highest BCUT2D eigenvalue weighted by Crippen LogP contribution is 2.26. The first-order valence-electron chi connectivity index (χ1n) is 9.28. The van der Waals surface area contributed by atoms with Crippen molar-refractivity contribution in [3.05, 3.63) is 29.3 Å². The van der Waals surface area contributed by atoms with Crippen molar-refractivity contribution >= 4 is 17.7 Å². The molecule has 3 atom stereocenters. The number of hydrogen-bond donors (Lipinski definition) is 1. The number of carbonyl (C=O) groups excluding carboxylic acids is 1. The van der Waals surface area contributed by atoms with E-state index >= 15 is 0 Å². The van der Waals surface area contributed by atoms with Gasteiger partial charge in [-0.2, -0.15) is 4.68 Å². The van der Waals surface area contributed by atoms with Crippen LogP contribution in [0.4, 0.5) is 0 Å². The average Bonchev–Trinajstić information content (AvgIpc) is 3.07. The Morgan fingerprint density at radius 1 is 1.27 bits per heavy atom. The van der Waals surface area contributed by atoms with Crippen molar-refractivity contribution in [2.24, 2.45) is 5.92 Å². The maximum atomic E-state index is 12.6. The molecule has 0 aliphatic heterocycles. The standard InChI is InChI=1S/C19H27N5OS/c1-12-9-10-16(11-14(12)3)24-19(21-22-23-24)26-15(4)18(25)20-17-8-6-5-7-13(17)2/h9-11,13,15,17H,5-8H2,1-4H3,(H,20,25). The van der Waals surface area contributed by atoms with Gasteiger partial charge >= 0.3 is 0 Å². The number of benzene rings is 1. The molecule has 1 aliphatic carbocycles. The molecule has 140 valence electrons. The lowest BCUT2D eigenvalue weighted by Crippen LogP contribution is -2.44. The van der Waals surface area contributed by atoms with Crippen LogP contribution in [0.5, 0.6) is 0 Å². The molecule has 3 unspecified atom stereocenters. The quantitative estimate of drug-likeness (QED) is 0.813. The largest absolute Gasteiger partial charge is 0.352 e. The molecule has 1 heterocycles. The molecule has 26 heavy (non-hydrogen) atoms. The number of nitrogens with one attached hydrogen (secondary N) is 1. The Balaban J connectivity index is 1.68. The average molecular weight is 374 g/mol. The summed E-state index contributed by atoms with van der Waals surface area (Å²) in [5.41, 5.74) is 3.32. The lowest BCUT2D eigenvalue weighted by molar-refractivity contribution is -0.121.